The summed E-state index contributed by atoms with van der Waals surface area (Å²) in [5, 5.41) is 0. The van der Waals surface area contributed by atoms with Gasteiger partial charge in [-0.05, 0) is 26.2 Å². The third-order valence-corrected chi connectivity index (χ3v) is 2.42. The molecule has 0 N–H and O–H groups in total. The largest absolute Gasteiger partial charge is 0.0845 e. The van der Waals surface area contributed by atoms with Gasteiger partial charge in [0.1, 0.15) is 0 Å². The predicted molar refractivity (Wildman–Crippen MR) is 66.6 cm³/mol. The van der Waals surface area contributed by atoms with Gasteiger partial charge in [0, 0.05) is 0 Å². The van der Waals surface area contributed by atoms with Gasteiger partial charge in [-0.2, -0.15) is 0 Å². The average Bonchev–Trinajstić information content (AvgIpc) is 2.18. The van der Waals surface area contributed by atoms with Gasteiger partial charge in [0.05, 0.1) is 0 Å². The van der Waals surface area contributed by atoms with Gasteiger partial charge in [0.2, 0.25) is 0 Å². The number of rotatable bonds is 8. The lowest BCUT2D eigenvalue weighted by Gasteiger charge is -1.97. The third kappa shape index (κ3) is 9.57. The van der Waals surface area contributed by atoms with E-state index in [1.54, 1.807) is 0 Å². The van der Waals surface area contributed by atoms with Crippen LogP contribution in [-0.4, -0.2) is 0 Å². The van der Waals surface area contributed by atoms with Crippen LogP contribution < -0.4 is 0 Å². The molecule has 0 saturated carbocycles. The molecule has 0 bridgehead atoms. The van der Waals surface area contributed by atoms with Crippen molar-refractivity contribution >= 4 is 0 Å². The highest BCUT2D eigenvalue weighted by Gasteiger charge is 1.88. The summed E-state index contributed by atoms with van der Waals surface area (Å²) in [6.07, 6.45) is 15.9. The maximum Gasteiger partial charge on any atom is -0.0320 e. The van der Waals surface area contributed by atoms with Crippen molar-refractivity contribution in [3.8, 4) is 0 Å². The van der Waals surface area contributed by atoms with Crippen LogP contribution in [0.25, 0.3) is 0 Å². The third-order valence-electron chi connectivity index (χ3n) is 2.42. The van der Waals surface area contributed by atoms with E-state index < -0.39 is 0 Å². The normalized spacial score (nSPS) is 12.6. The molecular weight excluding hydrogens is 168 g/mol. The highest BCUT2D eigenvalue weighted by Crippen LogP contribution is 2.08. The zero-order valence-corrected chi connectivity index (χ0v) is 10.2. The second-order valence-electron chi connectivity index (χ2n) is 4.04. The molecule has 0 heterocycles. The van der Waals surface area contributed by atoms with Crippen molar-refractivity contribution in [2.45, 2.75) is 65.7 Å². The van der Waals surface area contributed by atoms with Crippen LogP contribution in [0.1, 0.15) is 65.7 Å². The molecule has 82 valence electrons. The van der Waals surface area contributed by atoms with Crippen molar-refractivity contribution in [1.82, 2.24) is 0 Å². The van der Waals surface area contributed by atoms with E-state index in [0.29, 0.717) is 0 Å². The van der Waals surface area contributed by atoms with Gasteiger partial charge >= 0.3 is 0 Å². The SMILES string of the molecule is CCCC/C=C/C=C(/C)CCCCC. The Balaban J connectivity index is 3.49. The van der Waals surface area contributed by atoms with Gasteiger partial charge in [0.15, 0.2) is 0 Å². The fraction of sp³-hybridized carbons (Fsp3) is 0.714. The van der Waals surface area contributed by atoms with E-state index in [0.717, 1.165) is 0 Å². The number of unbranched alkanes of at least 4 members (excludes halogenated alkanes) is 4. The van der Waals surface area contributed by atoms with E-state index in [1.165, 1.54) is 50.5 Å². The Kier molecular flexibility index (Phi) is 10.2. The van der Waals surface area contributed by atoms with Crippen LogP contribution in [-0.2, 0) is 0 Å². The molecule has 0 aliphatic heterocycles. The van der Waals surface area contributed by atoms with Gasteiger partial charge < -0.3 is 0 Å². The summed E-state index contributed by atoms with van der Waals surface area (Å²) < 4.78 is 0. The van der Waals surface area contributed by atoms with Crippen molar-refractivity contribution in [2.24, 2.45) is 0 Å². The Morgan fingerprint density at radius 3 is 2.36 bits per heavy atom. The van der Waals surface area contributed by atoms with Crippen molar-refractivity contribution < 1.29 is 0 Å². The molecule has 0 saturated heterocycles. The summed E-state index contributed by atoms with van der Waals surface area (Å²) in [4.78, 5) is 0. The van der Waals surface area contributed by atoms with Gasteiger partial charge in [0.25, 0.3) is 0 Å². The van der Waals surface area contributed by atoms with Crippen molar-refractivity contribution in [3.63, 3.8) is 0 Å². The zero-order valence-electron chi connectivity index (χ0n) is 10.2. The second kappa shape index (κ2) is 10.6. The van der Waals surface area contributed by atoms with Gasteiger partial charge in [-0.25, -0.2) is 0 Å². The lowest BCUT2D eigenvalue weighted by atomic mass is 10.1. The molecule has 0 aromatic heterocycles. The maximum absolute atomic E-state index is 2.28. The number of allylic oxidation sites excluding steroid dienone is 4. The minimum Gasteiger partial charge on any atom is -0.0845 e. The molecule has 0 nitrogen and oxygen atoms in total. The molecule has 0 atom stereocenters. The number of hydrogen-bond donors (Lipinski definition) is 0. The Morgan fingerprint density at radius 1 is 1.00 bits per heavy atom. The molecular formula is C14H26. The monoisotopic (exact) mass is 194 g/mol. The van der Waals surface area contributed by atoms with E-state index in [-0.39, 0.29) is 0 Å². The lowest BCUT2D eigenvalue weighted by Crippen LogP contribution is -1.77. The molecule has 0 spiro atoms. The molecule has 0 unspecified atom stereocenters. The Hall–Kier alpha value is -0.520. The molecule has 0 aliphatic rings. The Labute approximate surface area is 90.1 Å². The molecule has 0 radical (unpaired) electrons. The average molecular weight is 194 g/mol. The van der Waals surface area contributed by atoms with Crippen molar-refractivity contribution in [2.75, 3.05) is 0 Å². The summed E-state index contributed by atoms with van der Waals surface area (Å²) in [5.41, 5.74) is 1.52. The van der Waals surface area contributed by atoms with E-state index >= 15 is 0 Å². The predicted octanol–water partition coefficient (Wildman–Crippen LogP) is 5.26. The van der Waals surface area contributed by atoms with Crippen molar-refractivity contribution in [3.05, 3.63) is 23.8 Å². The van der Waals surface area contributed by atoms with E-state index in [2.05, 4.69) is 39.0 Å². The summed E-state index contributed by atoms with van der Waals surface area (Å²) in [6, 6.07) is 0. The molecule has 0 heteroatoms. The van der Waals surface area contributed by atoms with Crippen LogP contribution >= 0.6 is 0 Å². The summed E-state index contributed by atoms with van der Waals surface area (Å²) >= 11 is 0. The first-order valence-corrected chi connectivity index (χ1v) is 6.13. The second-order valence-corrected chi connectivity index (χ2v) is 4.04. The fourth-order valence-electron chi connectivity index (χ4n) is 1.39. The lowest BCUT2D eigenvalue weighted by molar-refractivity contribution is 0.713. The highest BCUT2D eigenvalue weighted by atomic mass is 13.9. The minimum absolute atomic E-state index is 1.23. The first kappa shape index (κ1) is 13.5. The van der Waals surface area contributed by atoms with Gasteiger partial charge in [-0.15, -0.1) is 0 Å². The standard InChI is InChI=1S/C14H26/c1-4-6-8-9-11-13-14(3)12-10-7-5-2/h9,11,13H,4-8,10,12H2,1-3H3/b11-9+,14-13-. The molecule has 0 rings (SSSR count). The first-order chi connectivity index (χ1) is 6.81. The van der Waals surface area contributed by atoms with Crippen LogP contribution in [0.5, 0.6) is 0 Å². The maximum atomic E-state index is 2.28. The molecule has 14 heavy (non-hydrogen) atoms. The molecule has 0 aliphatic carbocycles. The van der Waals surface area contributed by atoms with Crippen molar-refractivity contribution in [1.29, 1.82) is 0 Å². The minimum atomic E-state index is 1.23. The van der Waals surface area contributed by atoms with Crippen LogP contribution in [0.3, 0.4) is 0 Å². The smallest absolute Gasteiger partial charge is 0.0320 e. The van der Waals surface area contributed by atoms with Crippen LogP contribution in [0.15, 0.2) is 23.8 Å². The van der Waals surface area contributed by atoms with Crippen LogP contribution in [0.2, 0.25) is 0 Å². The quantitative estimate of drug-likeness (QED) is 0.365. The molecule has 0 aromatic carbocycles. The summed E-state index contributed by atoms with van der Waals surface area (Å²) in [7, 11) is 0. The Morgan fingerprint density at radius 2 is 1.71 bits per heavy atom. The fourth-order valence-corrected chi connectivity index (χ4v) is 1.39. The number of hydrogen-bond acceptors (Lipinski definition) is 0. The zero-order chi connectivity index (χ0) is 10.6. The first-order valence-electron chi connectivity index (χ1n) is 6.13. The van der Waals surface area contributed by atoms with Gasteiger partial charge in [-0.3, -0.25) is 0 Å². The van der Waals surface area contributed by atoms with Crippen LogP contribution in [0.4, 0.5) is 0 Å². The highest BCUT2D eigenvalue weighted by molar-refractivity contribution is 5.10. The summed E-state index contributed by atoms with van der Waals surface area (Å²) in [6.45, 7) is 6.73. The molecule has 0 amide bonds. The molecule has 0 aromatic rings. The Bertz CT molecular complexity index is 163. The van der Waals surface area contributed by atoms with E-state index in [1.807, 2.05) is 0 Å². The van der Waals surface area contributed by atoms with E-state index in [9.17, 15) is 0 Å². The van der Waals surface area contributed by atoms with Gasteiger partial charge in [-0.1, -0.05) is 63.3 Å². The van der Waals surface area contributed by atoms with E-state index in [4.69, 9.17) is 0 Å². The molecule has 0 fully saturated rings. The summed E-state index contributed by atoms with van der Waals surface area (Å²) in [5.74, 6) is 0. The van der Waals surface area contributed by atoms with Crippen LogP contribution in [0, 0.1) is 0 Å². The topological polar surface area (TPSA) is 0 Å².